The predicted octanol–water partition coefficient (Wildman–Crippen LogP) is 1.57. The van der Waals surface area contributed by atoms with E-state index in [1.165, 1.54) is 37.0 Å². The number of hydrogen-bond donors (Lipinski definition) is 3. The second-order valence-electron chi connectivity index (χ2n) is 8.99. The van der Waals surface area contributed by atoms with Gasteiger partial charge in [-0.15, -0.1) is 0 Å². The van der Waals surface area contributed by atoms with E-state index in [1.54, 1.807) is 17.5 Å². The topological polar surface area (TPSA) is 119 Å². The molecule has 1 saturated carbocycles. The van der Waals surface area contributed by atoms with E-state index in [0.29, 0.717) is 6.42 Å². The van der Waals surface area contributed by atoms with E-state index in [-0.39, 0.29) is 24.4 Å². The van der Waals surface area contributed by atoms with Gasteiger partial charge in [-0.2, -0.15) is 6.41 Å². The average Bonchev–Trinajstić information content (AvgIpc) is 3.24. The minimum atomic E-state index is -0.696. The molecule has 1 aliphatic heterocycles. The Morgan fingerprint density at radius 3 is 2.16 bits per heavy atom. The Hall–Kier alpha value is -3.41. The first-order valence-electron chi connectivity index (χ1n) is 11.6. The molecular formula is C24H35FmN4O3-. The van der Waals surface area contributed by atoms with Crippen LogP contribution in [-0.4, -0.2) is 47.8 Å². The van der Waals surface area contributed by atoms with Crippen molar-refractivity contribution in [3.63, 3.8) is 0 Å². The summed E-state index contributed by atoms with van der Waals surface area (Å²) in [7, 11) is 0. The number of nitrogens with zero attached hydrogens (tertiary/aromatic N) is 1. The van der Waals surface area contributed by atoms with Crippen LogP contribution in [0.4, 0.5) is 0 Å². The Kier molecular flexibility index (Phi) is 9.20. The van der Waals surface area contributed by atoms with E-state index >= 15 is 0 Å². The first-order chi connectivity index (χ1) is 15.0. The Morgan fingerprint density at radius 2 is 1.62 bits per heavy atom. The van der Waals surface area contributed by atoms with Crippen molar-refractivity contribution in [1.82, 2.24) is 10.2 Å². The van der Waals surface area contributed by atoms with E-state index in [4.69, 9.17) is 11.5 Å². The van der Waals surface area contributed by atoms with Crippen LogP contribution in [0.5, 0.6) is 0 Å². The molecule has 2 aliphatic carbocycles. The molecule has 3 atom stereocenters. The molecule has 3 unspecified atom stereocenters. The minimum Gasteiger partial charge on any atom is -0.526 e. The molecule has 8 heteroatoms. The van der Waals surface area contributed by atoms with Crippen LogP contribution >= 0.6 is 0 Å². The summed E-state index contributed by atoms with van der Waals surface area (Å²) < 4.78 is 0. The quantitative estimate of drug-likeness (QED) is 0.323. The van der Waals surface area contributed by atoms with E-state index in [0.717, 1.165) is 25.7 Å². The van der Waals surface area contributed by atoms with Gasteiger partial charge < -0.3 is 26.5 Å². The van der Waals surface area contributed by atoms with Crippen molar-refractivity contribution in [2.75, 3.05) is 6.54 Å². The van der Waals surface area contributed by atoms with Crippen LogP contribution in [0.25, 0.3) is 0 Å². The molecule has 3 amide bonds. The van der Waals surface area contributed by atoms with Gasteiger partial charge in [-0.25, -0.2) is 0 Å². The molecule has 5 N–H and O–H groups in total. The molecule has 32 heavy (non-hydrogen) atoms. The van der Waals surface area contributed by atoms with Gasteiger partial charge in [0.2, 0.25) is 11.8 Å². The van der Waals surface area contributed by atoms with Gasteiger partial charge in [-0.05, 0) is 62.0 Å². The molecule has 1 heterocycles. The molecule has 0 spiro atoms. The molecule has 2 fully saturated rings. The summed E-state index contributed by atoms with van der Waals surface area (Å²) in [6.45, 7) is 0.266. The van der Waals surface area contributed by atoms with Crippen LogP contribution in [0.3, 0.4) is 0 Å². The predicted molar refractivity (Wildman–Crippen MR) is 120 cm³/mol. The van der Waals surface area contributed by atoms with Crippen LogP contribution in [0, 0.1) is 5.92 Å². The summed E-state index contributed by atoms with van der Waals surface area (Å²) >= 11 is 0. The minimum absolute atomic E-state index is 0. The van der Waals surface area contributed by atoms with Crippen molar-refractivity contribution in [3.05, 3.63) is 35.4 Å². The molecule has 0 bridgehead atoms. The monoisotopic (exact) mass is 684 g/mol. The zero-order valence-corrected chi connectivity index (χ0v) is 20.9. The van der Waals surface area contributed by atoms with Crippen molar-refractivity contribution in [3.8, 4) is 0 Å². The van der Waals surface area contributed by atoms with Crippen molar-refractivity contribution < 1.29 is 14.4 Å². The summed E-state index contributed by atoms with van der Waals surface area (Å²) in [5.74, 6) is -0.625. The number of likely N-dealkylation sites (tertiary alicyclic amines) is 1. The first kappa shape index (κ1) is 24.9. The number of primary amides is 1. The standard InChI is InChI=1S/C14H23N4O3.C10H12.Fm/c15-12(9-4-2-1-3-5-9)14(21)18-7-10(17-8-19)6-11(18)13(16)20;1-2-6-10-8-4-3-7-9(10)5-1;/h9-12H,1-7,15H2,(H2,16,20)(H,17,19);1-2,5-6H,3-4,7-8H2;/q-1;;. The van der Waals surface area contributed by atoms with Crippen LogP contribution in [0.2, 0.25) is 0 Å². The molecule has 3 aliphatic rings. The fourth-order valence-electron chi connectivity index (χ4n) is 5.10. The Morgan fingerprint density at radius 1 is 1.03 bits per heavy atom. The molecule has 0 aromatic heterocycles. The molecule has 0 radical (unpaired) electrons. The van der Waals surface area contributed by atoms with E-state index in [9.17, 15) is 14.4 Å². The molecule has 1 aromatic rings. The number of hydrogen-bond acceptors (Lipinski definition) is 4. The zero-order chi connectivity index (χ0) is 22.2. The van der Waals surface area contributed by atoms with Crippen LogP contribution in [0.15, 0.2) is 24.3 Å². The summed E-state index contributed by atoms with van der Waals surface area (Å²) in [5.41, 5.74) is 14.6. The molecule has 7 nitrogen and oxygen atoms in total. The van der Waals surface area contributed by atoms with E-state index in [1.807, 2.05) is 0 Å². The maximum absolute atomic E-state index is 12.6. The number of amides is 3. The van der Waals surface area contributed by atoms with Crippen molar-refractivity contribution in [1.29, 1.82) is 0 Å². The normalized spacial score (nSPS) is 23.6. The van der Waals surface area contributed by atoms with Crippen molar-refractivity contribution >= 4 is 18.2 Å². The maximum atomic E-state index is 12.6. The van der Waals surface area contributed by atoms with E-state index < -0.39 is 18.0 Å². The number of fused-ring (bicyclic) bond motifs is 1. The smallest absolute Gasteiger partial charge is 0.240 e. The average molecular weight is 685 g/mol. The Balaban J connectivity index is 0.000000275. The van der Waals surface area contributed by atoms with E-state index in [2.05, 4.69) is 29.6 Å². The fraction of sp³-hybridized carbons (Fsp3) is 0.625. The third-order valence-corrected chi connectivity index (χ3v) is 6.88. The molecule has 4 rings (SSSR count). The molecular weight excluding hydrogens is 649 g/mol. The number of carbonyl (C=O) groups excluding carboxylic acids is 3. The zero-order valence-electron chi connectivity index (χ0n) is 18.5. The van der Waals surface area contributed by atoms with Gasteiger partial charge in [0.1, 0.15) is 6.04 Å². The number of nitrogens with two attached hydrogens (primary N) is 2. The third kappa shape index (κ3) is 6.06. The van der Waals surface area contributed by atoms with Crippen LogP contribution in [0.1, 0.15) is 62.5 Å². The second kappa shape index (κ2) is 11.8. The van der Waals surface area contributed by atoms with Gasteiger partial charge in [-0.3, -0.25) is 9.59 Å². The Labute approximate surface area is 184 Å². The van der Waals surface area contributed by atoms with Gasteiger partial charge in [-0.1, -0.05) is 43.5 Å². The van der Waals surface area contributed by atoms with Crippen LogP contribution in [-0.2, 0) is 27.2 Å². The van der Waals surface area contributed by atoms with Gasteiger partial charge >= 0.3 is 0 Å². The second-order valence-corrected chi connectivity index (χ2v) is 8.99. The molecule has 1 saturated heterocycles. The maximum Gasteiger partial charge on any atom is 0.240 e. The third-order valence-electron chi connectivity index (χ3n) is 6.88. The molecule has 1 aromatic carbocycles. The summed E-state index contributed by atoms with van der Waals surface area (Å²) in [6, 6.07) is 7.23. The summed E-state index contributed by atoms with van der Waals surface area (Å²) in [6.07, 6.45) is 12.6. The van der Waals surface area contributed by atoms with Gasteiger partial charge in [0, 0.05) is 12.6 Å². The van der Waals surface area contributed by atoms with Crippen molar-refractivity contribution in [2.45, 2.75) is 82.3 Å². The number of rotatable bonds is 5. The fourth-order valence-corrected chi connectivity index (χ4v) is 5.10. The number of aryl methyl sites for hydroxylation is 2. The Bertz CT molecular complexity index is 744. The van der Waals surface area contributed by atoms with Gasteiger partial charge in [0.05, 0.1) is 6.04 Å². The van der Waals surface area contributed by atoms with Gasteiger partial charge in [0.15, 0.2) is 0 Å². The summed E-state index contributed by atoms with van der Waals surface area (Å²) in [5, 5.41) is 2.48. The van der Waals surface area contributed by atoms with Crippen LogP contribution < -0.4 is 16.8 Å². The van der Waals surface area contributed by atoms with Crippen molar-refractivity contribution in [2.24, 2.45) is 17.4 Å². The summed E-state index contributed by atoms with van der Waals surface area (Å²) in [4.78, 5) is 35.9. The SMILES string of the molecule is NC(=O)C1CC(N[C-]=O)CN1C(=O)C(N)C1CCCCC1.[Fm].c1ccc2c(c1)CCCC2. The molecule has 182 valence electrons. The number of carbonyl (C=O) groups is 2. The number of nitrogens with one attached hydrogen (secondary N) is 1. The number of benzene rings is 1. The first-order valence-corrected chi connectivity index (χ1v) is 11.6. The van der Waals surface area contributed by atoms with Gasteiger partial charge in [0.25, 0.3) is 0 Å². The largest absolute Gasteiger partial charge is 0.526 e.